The lowest BCUT2D eigenvalue weighted by atomic mass is 10.1. The van der Waals surface area contributed by atoms with Crippen LogP contribution in [-0.2, 0) is 0 Å². The number of thiol groups is 1. The Labute approximate surface area is 84.4 Å². The van der Waals surface area contributed by atoms with Gasteiger partial charge in [-0.05, 0) is 18.1 Å². The Morgan fingerprint density at radius 1 is 1.31 bits per heavy atom. The molecule has 1 nitrogen and oxygen atoms in total. The Morgan fingerprint density at radius 2 is 1.85 bits per heavy atom. The smallest absolute Gasteiger partial charge is 0.0298 e. The van der Waals surface area contributed by atoms with E-state index in [1.807, 2.05) is 37.3 Å². The molecule has 0 atom stereocenters. The summed E-state index contributed by atoms with van der Waals surface area (Å²) in [6.07, 6.45) is 0. The molecule has 0 aromatic heterocycles. The zero-order chi connectivity index (χ0) is 9.84. The van der Waals surface area contributed by atoms with Gasteiger partial charge in [0, 0.05) is 10.6 Å². The summed E-state index contributed by atoms with van der Waals surface area (Å²) >= 11 is 4.29. The van der Waals surface area contributed by atoms with Gasteiger partial charge in [-0.3, -0.25) is 0 Å². The van der Waals surface area contributed by atoms with E-state index in [9.17, 15) is 0 Å². The molecule has 0 spiro atoms. The summed E-state index contributed by atoms with van der Waals surface area (Å²) < 4.78 is 0. The van der Waals surface area contributed by atoms with Gasteiger partial charge in [0.2, 0.25) is 0 Å². The molecule has 0 unspecified atom stereocenters. The zero-order valence-electron chi connectivity index (χ0n) is 7.62. The number of allylic oxidation sites excluding steroid dienone is 2. The Morgan fingerprint density at radius 3 is 2.31 bits per heavy atom. The first kappa shape index (κ1) is 9.93. The van der Waals surface area contributed by atoms with Crippen molar-refractivity contribution in [2.75, 3.05) is 0 Å². The molecule has 0 radical (unpaired) electrons. The van der Waals surface area contributed by atoms with Crippen molar-refractivity contribution in [1.29, 1.82) is 0 Å². The van der Waals surface area contributed by atoms with Gasteiger partial charge in [0.25, 0.3) is 0 Å². The summed E-state index contributed by atoms with van der Waals surface area (Å²) in [5.41, 5.74) is 8.23. The lowest BCUT2D eigenvalue weighted by Crippen LogP contribution is -1.95. The van der Waals surface area contributed by atoms with Gasteiger partial charge >= 0.3 is 0 Å². The third-order valence-electron chi connectivity index (χ3n) is 1.78. The van der Waals surface area contributed by atoms with Crippen LogP contribution >= 0.6 is 12.6 Å². The first-order chi connectivity index (χ1) is 6.13. The molecule has 1 aromatic rings. The summed E-state index contributed by atoms with van der Waals surface area (Å²) in [6, 6.07) is 9.87. The Hall–Kier alpha value is -1.15. The molecular weight excluding hydrogens is 178 g/mol. The van der Waals surface area contributed by atoms with Crippen molar-refractivity contribution in [2.45, 2.75) is 6.92 Å². The van der Waals surface area contributed by atoms with E-state index in [0.29, 0.717) is 5.70 Å². The highest BCUT2D eigenvalue weighted by molar-refractivity contribution is 7.85. The normalized spacial score (nSPS) is 12.2. The Kier molecular flexibility index (Phi) is 3.20. The fourth-order valence-electron chi connectivity index (χ4n) is 1.01. The highest BCUT2D eigenvalue weighted by Gasteiger charge is 2.02. The van der Waals surface area contributed by atoms with Crippen LogP contribution in [0.3, 0.4) is 0 Å². The van der Waals surface area contributed by atoms with Crippen LogP contribution in [0.25, 0.3) is 5.57 Å². The topological polar surface area (TPSA) is 26.0 Å². The molecule has 2 N–H and O–H groups in total. The zero-order valence-corrected chi connectivity index (χ0v) is 8.51. The van der Waals surface area contributed by atoms with Crippen molar-refractivity contribution in [1.82, 2.24) is 0 Å². The van der Waals surface area contributed by atoms with E-state index in [-0.39, 0.29) is 0 Å². The molecule has 0 amide bonds. The van der Waals surface area contributed by atoms with E-state index in [4.69, 9.17) is 5.73 Å². The minimum absolute atomic E-state index is 0.692. The minimum Gasteiger partial charge on any atom is -0.401 e. The highest BCUT2D eigenvalue weighted by atomic mass is 32.1. The molecule has 0 aliphatic carbocycles. The molecule has 1 aromatic carbocycles. The predicted molar refractivity (Wildman–Crippen MR) is 61.3 cm³/mol. The number of nitrogens with two attached hydrogens (primary N) is 1. The van der Waals surface area contributed by atoms with Crippen molar-refractivity contribution < 1.29 is 0 Å². The van der Waals surface area contributed by atoms with E-state index < -0.39 is 0 Å². The molecule has 0 saturated heterocycles. The SMILES string of the molecule is C=C(/C(S)=C(/C)N)c1ccccc1. The van der Waals surface area contributed by atoms with Gasteiger partial charge in [0.1, 0.15) is 0 Å². The summed E-state index contributed by atoms with van der Waals surface area (Å²) in [4.78, 5) is 0.756. The molecule has 1 rings (SSSR count). The quantitative estimate of drug-likeness (QED) is 0.545. The maximum atomic E-state index is 5.62. The second-order valence-corrected chi connectivity index (χ2v) is 3.32. The standard InChI is InChI=1S/C11H13NS/c1-8(11(13)9(2)12)10-6-4-3-5-7-10/h3-7,13H,1,12H2,2H3/b11-9+. The van der Waals surface area contributed by atoms with E-state index in [2.05, 4.69) is 19.2 Å². The molecule has 0 aliphatic rings. The first-order valence-electron chi connectivity index (χ1n) is 4.03. The van der Waals surface area contributed by atoms with Gasteiger partial charge in [-0.1, -0.05) is 36.9 Å². The molecule has 2 heteroatoms. The summed E-state index contributed by atoms with van der Waals surface area (Å²) in [6.45, 7) is 5.75. The molecular formula is C11H13NS. The molecule has 68 valence electrons. The van der Waals surface area contributed by atoms with Gasteiger partial charge in [0.15, 0.2) is 0 Å². The van der Waals surface area contributed by atoms with Gasteiger partial charge in [0.05, 0.1) is 0 Å². The van der Waals surface area contributed by atoms with Crippen LogP contribution in [-0.4, -0.2) is 0 Å². The largest absolute Gasteiger partial charge is 0.401 e. The van der Waals surface area contributed by atoms with Gasteiger partial charge in [-0.15, -0.1) is 12.6 Å². The Bertz CT molecular complexity index is 334. The van der Waals surface area contributed by atoms with Crippen molar-refractivity contribution in [2.24, 2.45) is 5.73 Å². The van der Waals surface area contributed by atoms with Crippen molar-refractivity contribution >= 4 is 18.2 Å². The van der Waals surface area contributed by atoms with Crippen molar-refractivity contribution in [3.63, 3.8) is 0 Å². The lowest BCUT2D eigenvalue weighted by Gasteiger charge is -2.06. The average Bonchev–Trinajstić information content (AvgIpc) is 2.17. The molecule has 0 aliphatic heterocycles. The van der Waals surface area contributed by atoms with Crippen LogP contribution in [0.2, 0.25) is 0 Å². The number of benzene rings is 1. The summed E-state index contributed by atoms with van der Waals surface area (Å²) in [5.74, 6) is 0. The second kappa shape index (κ2) is 4.19. The van der Waals surface area contributed by atoms with E-state index >= 15 is 0 Å². The van der Waals surface area contributed by atoms with Crippen molar-refractivity contribution in [3.05, 3.63) is 53.1 Å². The average molecular weight is 191 g/mol. The van der Waals surface area contributed by atoms with E-state index in [1.54, 1.807) is 0 Å². The van der Waals surface area contributed by atoms with Gasteiger partial charge in [-0.25, -0.2) is 0 Å². The van der Waals surface area contributed by atoms with Gasteiger partial charge < -0.3 is 5.73 Å². The highest BCUT2D eigenvalue weighted by Crippen LogP contribution is 2.24. The second-order valence-electron chi connectivity index (χ2n) is 2.88. The summed E-state index contributed by atoms with van der Waals surface area (Å²) in [7, 11) is 0. The fourth-order valence-corrected chi connectivity index (χ4v) is 1.14. The molecule has 0 fully saturated rings. The van der Waals surface area contributed by atoms with Crippen LogP contribution in [0.1, 0.15) is 12.5 Å². The third-order valence-corrected chi connectivity index (χ3v) is 2.40. The van der Waals surface area contributed by atoms with Crippen LogP contribution in [0.15, 0.2) is 47.5 Å². The minimum atomic E-state index is 0.692. The molecule has 0 saturated carbocycles. The monoisotopic (exact) mass is 191 g/mol. The molecule has 0 bridgehead atoms. The maximum Gasteiger partial charge on any atom is 0.0298 e. The first-order valence-corrected chi connectivity index (χ1v) is 4.47. The Balaban J connectivity index is 3.00. The van der Waals surface area contributed by atoms with Gasteiger partial charge in [-0.2, -0.15) is 0 Å². The predicted octanol–water partition coefficient (Wildman–Crippen LogP) is 2.82. The maximum absolute atomic E-state index is 5.62. The van der Waals surface area contributed by atoms with Crippen LogP contribution in [0.4, 0.5) is 0 Å². The molecule has 0 heterocycles. The third kappa shape index (κ3) is 2.39. The van der Waals surface area contributed by atoms with Crippen LogP contribution < -0.4 is 5.73 Å². The number of hydrogen-bond donors (Lipinski definition) is 2. The lowest BCUT2D eigenvalue weighted by molar-refractivity contribution is 1.31. The van der Waals surface area contributed by atoms with E-state index in [0.717, 1.165) is 16.0 Å². The fraction of sp³-hybridized carbons (Fsp3) is 0.0909. The van der Waals surface area contributed by atoms with Crippen molar-refractivity contribution in [3.8, 4) is 0 Å². The van der Waals surface area contributed by atoms with E-state index in [1.165, 1.54) is 0 Å². The van der Waals surface area contributed by atoms with Crippen LogP contribution in [0, 0.1) is 0 Å². The number of rotatable bonds is 2. The molecule has 13 heavy (non-hydrogen) atoms. The number of hydrogen-bond acceptors (Lipinski definition) is 2. The van der Waals surface area contributed by atoms with Crippen LogP contribution in [0.5, 0.6) is 0 Å². The summed E-state index contributed by atoms with van der Waals surface area (Å²) in [5, 5.41) is 0.